The molecule has 1 rings (SSSR count). The average molecular weight is 268 g/mol. The van der Waals surface area contributed by atoms with E-state index in [1.54, 1.807) is 0 Å². The molecule has 0 bridgehead atoms. The van der Waals surface area contributed by atoms with Gasteiger partial charge in [-0.2, -0.15) is 0 Å². The topological polar surface area (TPSA) is 15.3 Å². The minimum Gasteiger partial charge on any atom is -0.313 e. The summed E-state index contributed by atoms with van der Waals surface area (Å²) >= 11 is 0. The van der Waals surface area contributed by atoms with Crippen molar-refractivity contribution in [3.63, 3.8) is 0 Å². The fraction of sp³-hybridized carbons (Fsp3) is 1.00. The molecule has 0 spiro atoms. The van der Waals surface area contributed by atoms with Crippen LogP contribution in [-0.4, -0.2) is 37.1 Å². The molecule has 0 atom stereocenters. The van der Waals surface area contributed by atoms with E-state index in [0.29, 0.717) is 0 Å². The molecular formula is C17H36N2. The van der Waals surface area contributed by atoms with Gasteiger partial charge in [0.15, 0.2) is 0 Å². The van der Waals surface area contributed by atoms with E-state index in [-0.39, 0.29) is 0 Å². The second kappa shape index (κ2) is 10.7. The zero-order chi connectivity index (χ0) is 13.9. The Morgan fingerprint density at radius 3 is 2.05 bits per heavy atom. The SMILES string of the molecule is CCCCCC(CCCCC)NCCN(C)C1CC1. The first-order valence-corrected chi connectivity index (χ1v) is 8.71. The van der Waals surface area contributed by atoms with Gasteiger partial charge in [-0.15, -0.1) is 0 Å². The normalized spacial score (nSPS) is 15.6. The summed E-state index contributed by atoms with van der Waals surface area (Å²) in [6.45, 7) is 6.99. The van der Waals surface area contributed by atoms with Crippen molar-refractivity contribution >= 4 is 0 Å². The van der Waals surface area contributed by atoms with Crippen molar-refractivity contribution < 1.29 is 0 Å². The summed E-state index contributed by atoms with van der Waals surface area (Å²) in [7, 11) is 2.28. The van der Waals surface area contributed by atoms with E-state index in [0.717, 1.165) is 12.1 Å². The molecule has 1 saturated carbocycles. The van der Waals surface area contributed by atoms with E-state index in [4.69, 9.17) is 0 Å². The van der Waals surface area contributed by atoms with Crippen LogP contribution in [0.2, 0.25) is 0 Å². The van der Waals surface area contributed by atoms with Crippen molar-refractivity contribution in [2.24, 2.45) is 0 Å². The van der Waals surface area contributed by atoms with E-state index < -0.39 is 0 Å². The van der Waals surface area contributed by atoms with Crippen LogP contribution in [0.3, 0.4) is 0 Å². The van der Waals surface area contributed by atoms with Gasteiger partial charge in [0.2, 0.25) is 0 Å². The molecule has 0 aromatic carbocycles. The molecule has 1 aliphatic rings. The first-order chi connectivity index (χ1) is 9.27. The van der Waals surface area contributed by atoms with Crippen LogP contribution >= 0.6 is 0 Å². The highest BCUT2D eigenvalue weighted by atomic mass is 15.2. The summed E-state index contributed by atoms with van der Waals surface area (Å²) < 4.78 is 0. The van der Waals surface area contributed by atoms with Crippen molar-refractivity contribution in [1.82, 2.24) is 10.2 Å². The van der Waals surface area contributed by atoms with Crippen molar-refractivity contribution in [2.45, 2.75) is 90.1 Å². The van der Waals surface area contributed by atoms with Gasteiger partial charge in [-0.25, -0.2) is 0 Å². The Balaban J connectivity index is 2.10. The molecule has 0 unspecified atom stereocenters. The lowest BCUT2D eigenvalue weighted by Gasteiger charge is -2.21. The van der Waals surface area contributed by atoms with Gasteiger partial charge in [0.1, 0.15) is 0 Å². The second-order valence-electron chi connectivity index (χ2n) is 6.35. The number of hydrogen-bond acceptors (Lipinski definition) is 2. The van der Waals surface area contributed by atoms with Crippen molar-refractivity contribution in [3.8, 4) is 0 Å². The predicted octanol–water partition coefficient (Wildman–Crippen LogP) is 4.20. The van der Waals surface area contributed by atoms with E-state index in [1.807, 2.05) is 0 Å². The largest absolute Gasteiger partial charge is 0.313 e. The molecule has 2 heteroatoms. The van der Waals surface area contributed by atoms with E-state index in [9.17, 15) is 0 Å². The molecule has 0 heterocycles. The summed E-state index contributed by atoms with van der Waals surface area (Å²) in [5, 5.41) is 3.81. The summed E-state index contributed by atoms with van der Waals surface area (Å²) in [6.07, 6.45) is 13.9. The smallest absolute Gasteiger partial charge is 0.0107 e. The summed E-state index contributed by atoms with van der Waals surface area (Å²) in [5.74, 6) is 0. The highest BCUT2D eigenvalue weighted by molar-refractivity contribution is 4.82. The third-order valence-electron chi connectivity index (χ3n) is 4.38. The van der Waals surface area contributed by atoms with Crippen LogP contribution in [0.1, 0.15) is 78.1 Å². The average Bonchev–Trinajstić information content (AvgIpc) is 3.23. The lowest BCUT2D eigenvalue weighted by Crippen LogP contribution is -2.36. The van der Waals surface area contributed by atoms with Gasteiger partial charge >= 0.3 is 0 Å². The third-order valence-corrected chi connectivity index (χ3v) is 4.38. The van der Waals surface area contributed by atoms with Gasteiger partial charge in [0.05, 0.1) is 0 Å². The van der Waals surface area contributed by atoms with Crippen LogP contribution in [0, 0.1) is 0 Å². The van der Waals surface area contributed by atoms with Gasteiger partial charge in [-0.1, -0.05) is 52.4 Å². The van der Waals surface area contributed by atoms with E-state index in [1.165, 1.54) is 77.3 Å². The van der Waals surface area contributed by atoms with Crippen molar-refractivity contribution in [1.29, 1.82) is 0 Å². The highest BCUT2D eigenvalue weighted by Crippen LogP contribution is 2.24. The molecule has 0 amide bonds. The number of hydrogen-bond donors (Lipinski definition) is 1. The second-order valence-corrected chi connectivity index (χ2v) is 6.35. The summed E-state index contributed by atoms with van der Waals surface area (Å²) in [4.78, 5) is 2.53. The quantitative estimate of drug-likeness (QED) is 0.504. The van der Waals surface area contributed by atoms with E-state index >= 15 is 0 Å². The highest BCUT2D eigenvalue weighted by Gasteiger charge is 2.25. The number of unbranched alkanes of at least 4 members (excludes halogenated alkanes) is 4. The molecule has 1 fully saturated rings. The van der Waals surface area contributed by atoms with Crippen LogP contribution in [0.4, 0.5) is 0 Å². The molecule has 0 saturated heterocycles. The molecule has 19 heavy (non-hydrogen) atoms. The number of rotatable bonds is 13. The monoisotopic (exact) mass is 268 g/mol. The molecule has 1 N–H and O–H groups in total. The van der Waals surface area contributed by atoms with Crippen molar-refractivity contribution in [3.05, 3.63) is 0 Å². The maximum atomic E-state index is 3.81. The summed E-state index contributed by atoms with van der Waals surface area (Å²) in [5.41, 5.74) is 0. The molecule has 0 aromatic heterocycles. The van der Waals surface area contributed by atoms with Gasteiger partial charge in [0, 0.05) is 25.2 Å². The van der Waals surface area contributed by atoms with Crippen molar-refractivity contribution in [2.75, 3.05) is 20.1 Å². The minimum absolute atomic E-state index is 0.769. The standard InChI is InChI=1S/C17H36N2/c1-4-6-8-10-16(11-9-7-5-2)18-14-15-19(3)17-12-13-17/h16-18H,4-15H2,1-3H3. The minimum atomic E-state index is 0.769. The molecule has 0 aliphatic heterocycles. The molecule has 1 aliphatic carbocycles. The molecular weight excluding hydrogens is 232 g/mol. The number of nitrogens with zero attached hydrogens (tertiary/aromatic N) is 1. The van der Waals surface area contributed by atoms with E-state index in [2.05, 4.69) is 31.1 Å². The Bertz CT molecular complexity index is 191. The first kappa shape index (κ1) is 17.0. The Morgan fingerprint density at radius 1 is 1.00 bits per heavy atom. The molecule has 114 valence electrons. The fourth-order valence-electron chi connectivity index (χ4n) is 2.77. The zero-order valence-corrected chi connectivity index (χ0v) is 13.6. The maximum absolute atomic E-state index is 3.81. The van der Waals surface area contributed by atoms with Crippen LogP contribution < -0.4 is 5.32 Å². The Morgan fingerprint density at radius 2 is 1.58 bits per heavy atom. The summed E-state index contributed by atoms with van der Waals surface area (Å²) in [6, 6.07) is 1.67. The van der Waals surface area contributed by atoms with Crippen LogP contribution in [-0.2, 0) is 0 Å². The van der Waals surface area contributed by atoms with Gasteiger partial charge in [-0.3, -0.25) is 0 Å². The first-order valence-electron chi connectivity index (χ1n) is 8.71. The Hall–Kier alpha value is -0.0800. The maximum Gasteiger partial charge on any atom is 0.0107 e. The molecule has 0 radical (unpaired) electrons. The zero-order valence-electron chi connectivity index (χ0n) is 13.6. The number of nitrogens with one attached hydrogen (secondary N) is 1. The predicted molar refractivity (Wildman–Crippen MR) is 85.7 cm³/mol. The van der Waals surface area contributed by atoms with Crippen LogP contribution in [0.5, 0.6) is 0 Å². The van der Waals surface area contributed by atoms with Crippen LogP contribution in [0.15, 0.2) is 0 Å². The molecule has 0 aromatic rings. The van der Waals surface area contributed by atoms with Gasteiger partial charge in [-0.05, 0) is 32.7 Å². The van der Waals surface area contributed by atoms with Gasteiger partial charge in [0.25, 0.3) is 0 Å². The third kappa shape index (κ3) is 8.65. The Labute approximate surface area is 121 Å². The number of likely N-dealkylation sites (N-methyl/N-ethyl adjacent to an activating group) is 1. The molecule has 2 nitrogen and oxygen atoms in total. The van der Waals surface area contributed by atoms with Gasteiger partial charge < -0.3 is 10.2 Å². The lowest BCUT2D eigenvalue weighted by molar-refractivity contribution is 0.306. The van der Waals surface area contributed by atoms with Crippen LogP contribution in [0.25, 0.3) is 0 Å². The Kier molecular flexibility index (Phi) is 9.54. The lowest BCUT2D eigenvalue weighted by atomic mass is 10.0. The fourth-order valence-corrected chi connectivity index (χ4v) is 2.77.